The third-order valence-corrected chi connectivity index (χ3v) is 2.96. The minimum Gasteiger partial charge on any atom is -0.472 e. The number of ether oxygens (including phenoxy) is 2. The van der Waals surface area contributed by atoms with E-state index in [0.717, 1.165) is 36.7 Å². The fraction of sp³-hybridized carbons (Fsp3) is 0.615. The van der Waals surface area contributed by atoms with E-state index >= 15 is 0 Å². The van der Waals surface area contributed by atoms with Crippen LogP contribution in [0.15, 0.2) is 6.07 Å². The first-order valence-electron chi connectivity index (χ1n) is 6.07. The molecule has 0 saturated carbocycles. The van der Waals surface area contributed by atoms with Gasteiger partial charge in [-0.3, -0.25) is 0 Å². The highest BCUT2D eigenvalue weighted by atomic mass is 16.5. The van der Waals surface area contributed by atoms with Crippen molar-refractivity contribution in [1.82, 2.24) is 10.3 Å². The van der Waals surface area contributed by atoms with Crippen LogP contribution in [-0.2, 0) is 11.3 Å². The molecule has 2 rings (SSSR count). The summed E-state index contributed by atoms with van der Waals surface area (Å²) in [5.74, 6) is 0.757. The predicted octanol–water partition coefficient (Wildman–Crippen LogP) is 1.59. The van der Waals surface area contributed by atoms with E-state index in [2.05, 4.69) is 23.3 Å². The van der Waals surface area contributed by atoms with Gasteiger partial charge in [-0.15, -0.1) is 0 Å². The largest absolute Gasteiger partial charge is 0.472 e. The van der Waals surface area contributed by atoms with Gasteiger partial charge in [-0.1, -0.05) is 0 Å². The van der Waals surface area contributed by atoms with Crippen LogP contribution in [0.1, 0.15) is 23.2 Å². The molecular weight excluding hydrogens is 216 g/mol. The second-order valence-corrected chi connectivity index (χ2v) is 4.50. The van der Waals surface area contributed by atoms with Gasteiger partial charge in [0.25, 0.3) is 0 Å². The number of nitrogens with zero attached hydrogens (tertiary/aromatic N) is 1. The van der Waals surface area contributed by atoms with Crippen LogP contribution >= 0.6 is 0 Å². The number of hydrogen-bond acceptors (Lipinski definition) is 4. The summed E-state index contributed by atoms with van der Waals surface area (Å²) >= 11 is 0. The van der Waals surface area contributed by atoms with Crippen molar-refractivity contribution < 1.29 is 9.47 Å². The molecule has 1 fully saturated rings. The molecule has 0 radical (unpaired) electrons. The van der Waals surface area contributed by atoms with Gasteiger partial charge in [-0.2, -0.15) is 0 Å². The van der Waals surface area contributed by atoms with Gasteiger partial charge in [-0.25, -0.2) is 4.98 Å². The third kappa shape index (κ3) is 2.96. The molecule has 0 aromatic carbocycles. The Hall–Kier alpha value is -1.13. The van der Waals surface area contributed by atoms with Crippen molar-refractivity contribution in [3.8, 4) is 5.88 Å². The standard InChI is InChI=1S/C13H20N2O2/c1-9-6-10(2)15-13(12(9)7-14-3)17-11-4-5-16-8-11/h6,11,14H,4-5,7-8H2,1-3H3. The van der Waals surface area contributed by atoms with Crippen LogP contribution in [-0.4, -0.2) is 31.3 Å². The first-order chi connectivity index (χ1) is 8.20. The monoisotopic (exact) mass is 236 g/mol. The van der Waals surface area contributed by atoms with Crippen LogP contribution in [0.5, 0.6) is 5.88 Å². The predicted molar refractivity (Wildman–Crippen MR) is 66.3 cm³/mol. The second kappa shape index (κ2) is 5.47. The Morgan fingerprint density at radius 3 is 3.00 bits per heavy atom. The highest BCUT2D eigenvalue weighted by Crippen LogP contribution is 2.23. The number of nitrogens with one attached hydrogen (secondary N) is 1. The lowest BCUT2D eigenvalue weighted by Crippen LogP contribution is -2.19. The van der Waals surface area contributed by atoms with Gasteiger partial charge < -0.3 is 14.8 Å². The number of rotatable bonds is 4. The Balaban J connectivity index is 2.22. The number of pyridine rings is 1. The zero-order chi connectivity index (χ0) is 12.3. The molecule has 0 amide bonds. The normalized spacial score (nSPS) is 19.6. The summed E-state index contributed by atoms with van der Waals surface area (Å²) in [7, 11) is 1.93. The van der Waals surface area contributed by atoms with Crippen LogP contribution < -0.4 is 10.1 Å². The van der Waals surface area contributed by atoms with Crippen LogP contribution in [0.25, 0.3) is 0 Å². The van der Waals surface area contributed by atoms with Gasteiger partial charge in [0.15, 0.2) is 0 Å². The van der Waals surface area contributed by atoms with Gasteiger partial charge >= 0.3 is 0 Å². The number of aryl methyl sites for hydroxylation is 2. The maximum absolute atomic E-state index is 5.94. The maximum atomic E-state index is 5.94. The lowest BCUT2D eigenvalue weighted by atomic mass is 10.1. The highest BCUT2D eigenvalue weighted by molar-refractivity contribution is 5.36. The molecule has 0 spiro atoms. The van der Waals surface area contributed by atoms with E-state index in [1.165, 1.54) is 5.56 Å². The second-order valence-electron chi connectivity index (χ2n) is 4.50. The molecule has 1 saturated heterocycles. The van der Waals surface area contributed by atoms with Gasteiger partial charge in [0.1, 0.15) is 6.10 Å². The molecule has 1 N–H and O–H groups in total. The van der Waals surface area contributed by atoms with E-state index in [1.54, 1.807) is 0 Å². The average molecular weight is 236 g/mol. The average Bonchev–Trinajstić information content (AvgIpc) is 2.76. The first kappa shape index (κ1) is 12.3. The van der Waals surface area contributed by atoms with E-state index < -0.39 is 0 Å². The molecule has 4 nitrogen and oxygen atoms in total. The summed E-state index contributed by atoms with van der Waals surface area (Å²) in [5.41, 5.74) is 3.36. The fourth-order valence-electron chi connectivity index (χ4n) is 2.08. The molecule has 1 aliphatic heterocycles. The Morgan fingerprint density at radius 1 is 1.53 bits per heavy atom. The Kier molecular flexibility index (Phi) is 3.97. The Bertz CT molecular complexity index is 387. The summed E-state index contributed by atoms with van der Waals surface area (Å²) in [6.07, 6.45) is 1.10. The first-order valence-corrected chi connectivity index (χ1v) is 6.07. The number of aromatic nitrogens is 1. The van der Waals surface area contributed by atoms with Gasteiger partial charge in [0, 0.05) is 24.2 Å². The third-order valence-electron chi connectivity index (χ3n) is 2.96. The van der Waals surface area contributed by atoms with Crippen molar-refractivity contribution in [2.75, 3.05) is 20.3 Å². The van der Waals surface area contributed by atoms with E-state index in [0.29, 0.717) is 6.61 Å². The molecule has 2 heterocycles. The summed E-state index contributed by atoms with van der Waals surface area (Å²) in [6, 6.07) is 2.09. The highest BCUT2D eigenvalue weighted by Gasteiger charge is 2.20. The number of hydrogen-bond donors (Lipinski definition) is 1. The Morgan fingerprint density at radius 2 is 2.35 bits per heavy atom. The van der Waals surface area contributed by atoms with Crippen molar-refractivity contribution in [1.29, 1.82) is 0 Å². The van der Waals surface area contributed by atoms with E-state index in [1.807, 2.05) is 14.0 Å². The van der Waals surface area contributed by atoms with Crippen LogP contribution in [0, 0.1) is 13.8 Å². The summed E-state index contributed by atoms with van der Waals surface area (Å²) < 4.78 is 11.3. The van der Waals surface area contributed by atoms with Gasteiger partial charge in [0.2, 0.25) is 5.88 Å². The van der Waals surface area contributed by atoms with Crippen molar-refractivity contribution >= 4 is 0 Å². The van der Waals surface area contributed by atoms with Crippen LogP contribution in [0.4, 0.5) is 0 Å². The zero-order valence-electron chi connectivity index (χ0n) is 10.7. The zero-order valence-corrected chi connectivity index (χ0v) is 10.7. The van der Waals surface area contributed by atoms with Crippen molar-refractivity contribution in [2.45, 2.75) is 32.9 Å². The smallest absolute Gasteiger partial charge is 0.218 e. The van der Waals surface area contributed by atoms with E-state index in [4.69, 9.17) is 9.47 Å². The van der Waals surface area contributed by atoms with Crippen molar-refractivity contribution in [3.63, 3.8) is 0 Å². The molecule has 1 aromatic heterocycles. The van der Waals surface area contributed by atoms with Crippen molar-refractivity contribution in [2.24, 2.45) is 0 Å². The molecule has 94 valence electrons. The topological polar surface area (TPSA) is 43.4 Å². The molecule has 0 bridgehead atoms. The summed E-state index contributed by atoms with van der Waals surface area (Å²) in [5, 5.41) is 3.16. The summed E-state index contributed by atoms with van der Waals surface area (Å²) in [6.45, 7) is 6.33. The van der Waals surface area contributed by atoms with Crippen LogP contribution in [0.2, 0.25) is 0 Å². The lowest BCUT2D eigenvalue weighted by Gasteiger charge is -2.16. The molecule has 0 aliphatic carbocycles. The van der Waals surface area contributed by atoms with E-state index in [9.17, 15) is 0 Å². The van der Waals surface area contributed by atoms with E-state index in [-0.39, 0.29) is 6.10 Å². The molecule has 1 aliphatic rings. The SMILES string of the molecule is CNCc1c(C)cc(C)nc1OC1CCOC1. The van der Waals surface area contributed by atoms with Gasteiger partial charge in [-0.05, 0) is 32.5 Å². The minimum atomic E-state index is 0.152. The summed E-state index contributed by atoms with van der Waals surface area (Å²) in [4.78, 5) is 4.50. The lowest BCUT2D eigenvalue weighted by molar-refractivity contribution is 0.137. The Labute approximate surface area is 102 Å². The van der Waals surface area contributed by atoms with Crippen molar-refractivity contribution in [3.05, 3.63) is 22.9 Å². The molecule has 1 atom stereocenters. The molecule has 1 aromatic rings. The van der Waals surface area contributed by atoms with Gasteiger partial charge in [0.05, 0.1) is 13.2 Å². The molecule has 4 heteroatoms. The maximum Gasteiger partial charge on any atom is 0.218 e. The molecule has 1 unspecified atom stereocenters. The fourth-order valence-corrected chi connectivity index (χ4v) is 2.08. The quantitative estimate of drug-likeness (QED) is 0.862. The minimum absolute atomic E-state index is 0.152. The molecule has 17 heavy (non-hydrogen) atoms. The molecular formula is C13H20N2O2. The van der Waals surface area contributed by atoms with Crippen LogP contribution in [0.3, 0.4) is 0 Å².